The minimum absolute atomic E-state index is 0.518. The first-order chi connectivity index (χ1) is 6.31. The molecule has 0 aromatic rings. The van der Waals surface area contributed by atoms with Gasteiger partial charge in [-0.05, 0) is 49.4 Å². The molecule has 0 heterocycles. The standard InChI is InChI=1S/C14H26/c1-12-6-8-13(2,3)10-11-14(4,5)9-7-12/h1,6-11H2,2-5H3. The third-order valence-corrected chi connectivity index (χ3v) is 3.79. The maximum atomic E-state index is 4.19. The Kier molecular flexibility index (Phi) is 3.44. The Morgan fingerprint density at radius 1 is 0.786 bits per heavy atom. The van der Waals surface area contributed by atoms with Crippen molar-refractivity contribution in [1.29, 1.82) is 0 Å². The molecular weight excluding hydrogens is 168 g/mol. The van der Waals surface area contributed by atoms with Gasteiger partial charge in [-0.25, -0.2) is 0 Å². The van der Waals surface area contributed by atoms with Crippen molar-refractivity contribution in [2.75, 3.05) is 0 Å². The Hall–Kier alpha value is -0.260. The van der Waals surface area contributed by atoms with Crippen LogP contribution in [0.25, 0.3) is 0 Å². The van der Waals surface area contributed by atoms with E-state index in [9.17, 15) is 0 Å². The molecule has 0 unspecified atom stereocenters. The van der Waals surface area contributed by atoms with Gasteiger partial charge in [-0.1, -0.05) is 39.8 Å². The van der Waals surface area contributed by atoms with E-state index in [0.29, 0.717) is 10.8 Å². The highest BCUT2D eigenvalue weighted by Gasteiger charge is 2.26. The average Bonchev–Trinajstić information content (AvgIpc) is 2.12. The van der Waals surface area contributed by atoms with Crippen molar-refractivity contribution >= 4 is 0 Å². The Balaban J connectivity index is 2.67. The third-order valence-electron chi connectivity index (χ3n) is 3.79. The van der Waals surface area contributed by atoms with E-state index in [1.807, 2.05) is 0 Å². The molecule has 0 bridgehead atoms. The van der Waals surface area contributed by atoms with Crippen molar-refractivity contribution < 1.29 is 0 Å². The molecule has 1 aliphatic rings. The second-order valence-electron chi connectivity index (χ2n) is 6.58. The predicted octanol–water partition coefficient (Wildman–Crippen LogP) is 4.95. The first-order valence-corrected chi connectivity index (χ1v) is 5.97. The molecule has 0 amide bonds. The first-order valence-electron chi connectivity index (χ1n) is 5.97. The van der Waals surface area contributed by atoms with Gasteiger partial charge in [0.15, 0.2) is 0 Å². The van der Waals surface area contributed by atoms with Crippen LogP contribution >= 0.6 is 0 Å². The lowest BCUT2D eigenvalue weighted by atomic mass is 9.77. The van der Waals surface area contributed by atoms with Gasteiger partial charge in [-0.3, -0.25) is 0 Å². The van der Waals surface area contributed by atoms with E-state index < -0.39 is 0 Å². The van der Waals surface area contributed by atoms with Crippen molar-refractivity contribution in [3.8, 4) is 0 Å². The van der Waals surface area contributed by atoms with Crippen LogP contribution in [-0.2, 0) is 0 Å². The highest BCUT2D eigenvalue weighted by molar-refractivity contribution is 4.97. The zero-order valence-corrected chi connectivity index (χ0v) is 10.4. The summed E-state index contributed by atoms with van der Waals surface area (Å²) in [5, 5.41) is 0. The van der Waals surface area contributed by atoms with Gasteiger partial charge in [0.05, 0.1) is 0 Å². The lowest BCUT2D eigenvalue weighted by Crippen LogP contribution is -2.16. The number of hydrogen-bond donors (Lipinski definition) is 0. The molecule has 1 saturated carbocycles. The fraction of sp³-hybridized carbons (Fsp3) is 0.857. The second-order valence-corrected chi connectivity index (χ2v) is 6.58. The third kappa shape index (κ3) is 3.86. The molecule has 0 spiro atoms. The molecule has 14 heavy (non-hydrogen) atoms. The van der Waals surface area contributed by atoms with E-state index in [2.05, 4.69) is 34.3 Å². The fourth-order valence-electron chi connectivity index (χ4n) is 2.08. The number of hydrogen-bond acceptors (Lipinski definition) is 0. The molecule has 0 aromatic heterocycles. The summed E-state index contributed by atoms with van der Waals surface area (Å²) in [7, 11) is 0. The Morgan fingerprint density at radius 3 is 1.50 bits per heavy atom. The Bertz CT molecular complexity index is 186. The molecule has 1 rings (SSSR count). The topological polar surface area (TPSA) is 0 Å². The molecule has 0 N–H and O–H groups in total. The summed E-state index contributed by atoms with van der Waals surface area (Å²) in [4.78, 5) is 0. The minimum Gasteiger partial charge on any atom is -0.0999 e. The second kappa shape index (κ2) is 4.08. The smallest absolute Gasteiger partial charge is 0.0318 e. The Morgan fingerprint density at radius 2 is 1.14 bits per heavy atom. The summed E-state index contributed by atoms with van der Waals surface area (Å²) in [6, 6.07) is 0. The van der Waals surface area contributed by atoms with Crippen LogP contribution in [0.15, 0.2) is 12.2 Å². The van der Waals surface area contributed by atoms with Crippen LogP contribution < -0.4 is 0 Å². The van der Waals surface area contributed by atoms with Gasteiger partial charge in [-0.15, -0.1) is 0 Å². The zero-order chi connectivity index (χ0) is 10.8. The quantitative estimate of drug-likeness (QED) is 0.479. The summed E-state index contributed by atoms with van der Waals surface area (Å²) in [6.07, 6.45) is 7.86. The molecule has 0 saturated heterocycles. The van der Waals surface area contributed by atoms with Gasteiger partial charge in [-0.2, -0.15) is 0 Å². The molecule has 82 valence electrons. The molecule has 0 atom stereocenters. The van der Waals surface area contributed by atoms with Gasteiger partial charge in [0.2, 0.25) is 0 Å². The van der Waals surface area contributed by atoms with Crippen LogP contribution in [0, 0.1) is 10.8 Å². The molecule has 0 aliphatic heterocycles. The summed E-state index contributed by atoms with van der Waals surface area (Å²) in [5.41, 5.74) is 2.50. The van der Waals surface area contributed by atoms with Gasteiger partial charge in [0, 0.05) is 0 Å². The van der Waals surface area contributed by atoms with Crippen molar-refractivity contribution in [2.45, 2.75) is 66.2 Å². The van der Waals surface area contributed by atoms with E-state index in [1.165, 1.54) is 44.1 Å². The van der Waals surface area contributed by atoms with Gasteiger partial charge >= 0.3 is 0 Å². The van der Waals surface area contributed by atoms with Crippen molar-refractivity contribution in [3.63, 3.8) is 0 Å². The number of allylic oxidation sites excluding steroid dienone is 1. The molecule has 0 radical (unpaired) electrons. The number of rotatable bonds is 0. The van der Waals surface area contributed by atoms with Gasteiger partial charge in [0.25, 0.3) is 0 Å². The minimum atomic E-state index is 0.518. The highest BCUT2D eigenvalue weighted by atomic mass is 14.3. The van der Waals surface area contributed by atoms with Gasteiger partial charge in [0.1, 0.15) is 0 Å². The maximum absolute atomic E-state index is 4.19. The Labute approximate surface area is 89.8 Å². The van der Waals surface area contributed by atoms with Crippen LogP contribution in [-0.4, -0.2) is 0 Å². The van der Waals surface area contributed by atoms with Crippen LogP contribution in [0.4, 0.5) is 0 Å². The van der Waals surface area contributed by atoms with Crippen molar-refractivity contribution in [3.05, 3.63) is 12.2 Å². The maximum Gasteiger partial charge on any atom is -0.0318 e. The van der Waals surface area contributed by atoms with E-state index in [4.69, 9.17) is 0 Å². The van der Waals surface area contributed by atoms with Crippen LogP contribution in [0.2, 0.25) is 0 Å². The van der Waals surface area contributed by atoms with Crippen molar-refractivity contribution in [2.24, 2.45) is 10.8 Å². The normalized spacial score (nSPS) is 27.6. The van der Waals surface area contributed by atoms with E-state index in [1.54, 1.807) is 0 Å². The van der Waals surface area contributed by atoms with E-state index >= 15 is 0 Å². The van der Waals surface area contributed by atoms with E-state index in [0.717, 1.165) is 0 Å². The lowest BCUT2D eigenvalue weighted by molar-refractivity contribution is 0.228. The molecule has 0 nitrogen and oxygen atoms in total. The first kappa shape index (κ1) is 11.8. The average molecular weight is 194 g/mol. The predicted molar refractivity (Wildman–Crippen MR) is 64.4 cm³/mol. The SMILES string of the molecule is C=C1CCC(C)(C)CCC(C)(C)CC1. The van der Waals surface area contributed by atoms with Crippen molar-refractivity contribution in [1.82, 2.24) is 0 Å². The summed E-state index contributed by atoms with van der Waals surface area (Å²) >= 11 is 0. The van der Waals surface area contributed by atoms with Crippen LogP contribution in [0.1, 0.15) is 66.2 Å². The molecule has 0 aromatic carbocycles. The summed E-state index contributed by atoms with van der Waals surface area (Å²) < 4.78 is 0. The van der Waals surface area contributed by atoms with Crippen LogP contribution in [0.5, 0.6) is 0 Å². The van der Waals surface area contributed by atoms with E-state index in [-0.39, 0.29) is 0 Å². The molecule has 1 fully saturated rings. The summed E-state index contributed by atoms with van der Waals surface area (Å²) in [6.45, 7) is 13.8. The summed E-state index contributed by atoms with van der Waals surface area (Å²) in [5.74, 6) is 0. The molecule has 0 heteroatoms. The molecule has 1 aliphatic carbocycles. The van der Waals surface area contributed by atoms with Gasteiger partial charge < -0.3 is 0 Å². The highest BCUT2D eigenvalue weighted by Crippen LogP contribution is 2.40. The molecular formula is C14H26. The fourth-order valence-corrected chi connectivity index (χ4v) is 2.08. The lowest BCUT2D eigenvalue weighted by Gasteiger charge is -2.29. The van der Waals surface area contributed by atoms with Crippen LogP contribution in [0.3, 0.4) is 0 Å². The largest absolute Gasteiger partial charge is 0.0999 e. The monoisotopic (exact) mass is 194 g/mol. The zero-order valence-electron chi connectivity index (χ0n) is 10.4.